The third-order valence-electron chi connectivity index (χ3n) is 2.16. The van der Waals surface area contributed by atoms with Crippen molar-refractivity contribution < 1.29 is 4.79 Å². The van der Waals surface area contributed by atoms with Crippen molar-refractivity contribution >= 4 is 5.91 Å². The van der Waals surface area contributed by atoms with Gasteiger partial charge in [-0.3, -0.25) is 4.79 Å². The van der Waals surface area contributed by atoms with Gasteiger partial charge in [-0.25, -0.2) is 0 Å². The van der Waals surface area contributed by atoms with Crippen molar-refractivity contribution in [1.82, 2.24) is 5.32 Å². The molecule has 1 atom stereocenters. The largest absolute Gasteiger partial charge is 0.369 e. The molecule has 0 heterocycles. The van der Waals surface area contributed by atoms with Gasteiger partial charge in [0.2, 0.25) is 5.91 Å². The Kier molecular flexibility index (Phi) is 3.65. The highest BCUT2D eigenvalue weighted by Crippen LogP contribution is 2.12. The molecule has 3 N–H and O–H groups in total. The highest BCUT2D eigenvalue weighted by Gasteiger charge is 2.04. The van der Waals surface area contributed by atoms with E-state index in [9.17, 15) is 4.79 Å². The molecule has 0 saturated carbocycles. The summed E-state index contributed by atoms with van der Waals surface area (Å²) in [5.41, 5.74) is 7.44. The minimum atomic E-state index is -0.330. The van der Waals surface area contributed by atoms with Crippen molar-refractivity contribution in [3.63, 3.8) is 0 Å². The van der Waals surface area contributed by atoms with Crippen LogP contribution in [0.2, 0.25) is 0 Å². The zero-order valence-corrected chi connectivity index (χ0v) is 8.58. The smallest absolute Gasteiger partial charge is 0.231 e. The molecule has 76 valence electrons. The number of rotatable bonds is 4. The Hall–Kier alpha value is -1.35. The number of hydrogen-bond donors (Lipinski definition) is 2. The Morgan fingerprint density at radius 1 is 1.43 bits per heavy atom. The van der Waals surface area contributed by atoms with Crippen LogP contribution in [-0.4, -0.2) is 12.5 Å². The second-order valence-electron chi connectivity index (χ2n) is 3.48. The van der Waals surface area contributed by atoms with Crippen molar-refractivity contribution in [2.75, 3.05) is 6.54 Å². The van der Waals surface area contributed by atoms with Crippen LogP contribution in [0.1, 0.15) is 24.1 Å². The summed E-state index contributed by atoms with van der Waals surface area (Å²) in [5, 5.41) is 3.04. The Morgan fingerprint density at radius 2 is 2.00 bits per heavy atom. The molecule has 3 nitrogen and oxygen atoms in total. The van der Waals surface area contributed by atoms with Gasteiger partial charge in [-0.05, 0) is 19.4 Å². The highest BCUT2D eigenvalue weighted by molar-refractivity contribution is 5.75. The molecule has 1 aromatic carbocycles. The van der Waals surface area contributed by atoms with Gasteiger partial charge in [-0.2, -0.15) is 0 Å². The van der Waals surface area contributed by atoms with E-state index in [-0.39, 0.29) is 18.5 Å². The molecule has 0 aromatic heterocycles. The van der Waals surface area contributed by atoms with Gasteiger partial charge < -0.3 is 11.1 Å². The molecule has 1 rings (SSSR count). The molecule has 14 heavy (non-hydrogen) atoms. The first-order valence-electron chi connectivity index (χ1n) is 4.68. The standard InChI is InChI=1S/C11H16N2O/c1-8-3-5-10(6-4-8)9(2)13-7-11(12)14/h3-6,9,13H,7H2,1-2H3,(H2,12,14)/t9-/m0/s1. The van der Waals surface area contributed by atoms with E-state index in [0.29, 0.717) is 0 Å². The van der Waals surface area contributed by atoms with Crippen molar-refractivity contribution in [2.45, 2.75) is 19.9 Å². The van der Waals surface area contributed by atoms with Crippen LogP contribution < -0.4 is 11.1 Å². The number of aryl methyl sites for hydroxylation is 1. The van der Waals surface area contributed by atoms with Crippen molar-refractivity contribution in [2.24, 2.45) is 5.73 Å². The lowest BCUT2D eigenvalue weighted by Crippen LogP contribution is -2.30. The quantitative estimate of drug-likeness (QED) is 0.751. The molecule has 0 spiro atoms. The molecule has 0 radical (unpaired) electrons. The Morgan fingerprint density at radius 3 is 2.50 bits per heavy atom. The summed E-state index contributed by atoms with van der Waals surface area (Å²) in [6.07, 6.45) is 0. The summed E-state index contributed by atoms with van der Waals surface area (Å²) in [6.45, 7) is 4.27. The van der Waals surface area contributed by atoms with Crippen LogP contribution in [0.25, 0.3) is 0 Å². The minimum Gasteiger partial charge on any atom is -0.369 e. The lowest BCUT2D eigenvalue weighted by molar-refractivity contribution is -0.117. The average molecular weight is 192 g/mol. The maximum absolute atomic E-state index is 10.5. The van der Waals surface area contributed by atoms with Crippen molar-refractivity contribution in [3.05, 3.63) is 35.4 Å². The van der Waals surface area contributed by atoms with Gasteiger partial charge in [-0.1, -0.05) is 29.8 Å². The summed E-state index contributed by atoms with van der Waals surface area (Å²) in [7, 11) is 0. The number of primary amides is 1. The van der Waals surface area contributed by atoms with E-state index >= 15 is 0 Å². The molecule has 1 amide bonds. The normalized spacial score (nSPS) is 12.4. The molecule has 0 aliphatic carbocycles. The van der Waals surface area contributed by atoms with E-state index in [1.54, 1.807) is 0 Å². The van der Waals surface area contributed by atoms with Gasteiger partial charge in [0.05, 0.1) is 6.54 Å². The maximum atomic E-state index is 10.5. The second-order valence-corrected chi connectivity index (χ2v) is 3.48. The molecule has 0 fully saturated rings. The van der Waals surface area contributed by atoms with Crippen LogP contribution in [0.15, 0.2) is 24.3 Å². The van der Waals surface area contributed by atoms with E-state index in [0.717, 1.165) is 5.56 Å². The molecule has 1 aromatic rings. The van der Waals surface area contributed by atoms with Crippen LogP contribution in [0.3, 0.4) is 0 Å². The Labute approximate surface area is 84.3 Å². The third kappa shape index (κ3) is 3.18. The van der Waals surface area contributed by atoms with Crippen LogP contribution in [0.4, 0.5) is 0 Å². The van der Waals surface area contributed by atoms with E-state index in [1.165, 1.54) is 5.56 Å². The number of nitrogens with one attached hydrogen (secondary N) is 1. The molecule has 0 bridgehead atoms. The molecule has 0 aliphatic rings. The molecule has 0 aliphatic heterocycles. The predicted molar refractivity (Wildman–Crippen MR) is 56.8 cm³/mol. The SMILES string of the molecule is Cc1ccc([C@H](C)NCC(N)=O)cc1. The number of carbonyl (C=O) groups excluding carboxylic acids is 1. The monoisotopic (exact) mass is 192 g/mol. The molecule has 3 heteroatoms. The van der Waals surface area contributed by atoms with Gasteiger partial charge in [0.1, 0.15) is 0 Å². The van der Waals surface area contributed by atoms with Crippen LogP contribution >= 0.6 is 0 Å². The topological polar surface area (TPSA) is 55.1 Å². The first kappa shape index (κ1) is 10.7. The number of nitrogens with two attached hydrogens (primary N) is 1. The number of amides is 1. The van der Waals surface area contributed by atoms with Gasteiger partial charge in [0.25, 0.3) is 0 Å². The minimum absolute atomic E-state index is 0.156. The second kappa shape index (κ2) is 4.77. The van der Waals surface area contributed by atoms with Crippen LogP contribution in [-0.2, 0) is 4.79 Å². The lowest BCUT2D eigenvalue weighted by Gasteiger charge is -2.12. The molecule has 0 unspecified atom stereocenters. The van der Waals surface area contributed by atoms with Crippen molar-refractivity contribution in [3.8, 4) is 0 Å². The van der Waals surface area contributed by atoms with E-state index in [2.05, 4.69) is 17.4 Å². The van der Waals surface area contributed by atoms with Gasteiger partial charge in [0.15, 0.2) is 0 Å². The number of benzene rings is 1. The Balaban J connectivity index is 2.56. The summed E-state index contributed by atoms with van der Waals surface area (Å²) in [6, 6.07) is 8.36. The molecule has 0 saturated heterocycles. The van der Waals surface area contributed by atoms with E-state index in [1.807, 2.05) is 26.0 Å². The maximum Gasteiger partial charge on any atom is 0.231 e. The van der Waals surface area contributed by atoms with Gasteiger partial charge >= 0.3 is 0 Å². The highest BCUT2D eigenvalue weighted by atomic mass is 16.1. The average Bonchev–Trinajstić information content (AvgIpc) is 2.15. The number of carbonyl (C=O) groups is 1. The van der Waals surface area contributed by atoms with Crippen molar-refractivity contribution in [1.29, 1.82) is 0 Å². The predicted octanol–water partition coefficient (Wildman–Crippen LogP) is 1.13. The fourth-order valence-corrected chi connectivity index (χ4v) is 1.23. The first-order chi connectivity index (χ1) is 6.59. The van der Waals surface area contributed by atoms with Gasteiger partial charge in [0, 0.05) is 6.04 Å². The van der Waals surface area contributed by atoms with E-state index < -0.39 is 0 Å². The fraction of sp³-hybridized carbons (Fsp3) is 0.364. The summed E-state index contributed by atoms with van der Waals surface area (Å²) in [5.74, 6) is -0.330. The van der Waals surface area contributed by atoms with E-state index in [4.69, 9.17) is 5.73 Å². The van der Waals surface area contributed by atoms with Crippen LogP contribution in [0.5, 0.6) is 0 Å². The zero-order chi connectivity index (χ0) is 10.6. The zero-order valence-electron chi connectivity index (χ0n) is 8.58. The summed E-state index contributed by atoms with van der Waals surface area (Å²) >= 11 is 0. The first-order valence-corrected chi connectivity index (χ1v) is 4.68. The lowest BCUT2D eigenvalue weighted by atomic mass is 10.1. The molecular formula is C11H16N2O. The Bertz CT molecular complexity index is 306. The fourth-order valence-electron chi connectivity index (χ4n) is 1.23. The number of hydrogen-bond acceptors (Lipinski definition) is 2. The summed E-state index contributed by atoms with van der Waals surface area (Å²) in [4.78, 5) is 10.5. The van der Waals surface area contributed by atoms with Gasteiger partial charge in [-0.15, -0.1) is 0 Å². The third-order valence-corrected chi connectivity index (χ3v) is 2.16. The summed E-state index contributed by atoms with van der Waals surface area (Å²) < 4.78 is 0. The van der Waals surface area contributed by atoms with Crippen LogP contribution in [0, 0.1) is 6.92 Å². The molecular weight excluding hydrogens is 176 g/mol.